The van der Waals surface area contributed by atoms with Crippen molar-refractivity contribution in [2.45, 2.75) is 153 Å². The summed E-state index contributed by atoms with van der Waals surface area (Å²) in [6.07, 6.45) is 29.9. The van der Waals surface area contributed by atoms with Crippen LogP contribution < -0.4 is 20.8 Å². The highest BCUT2D eigenvalue weighted by Gasteiger charge is 2.24. The number of carbonyl (C=O) groups is 2. The Balaban J connectivity index is 0.000000196. The van der Waals surface area contributed by atoms with Gasteiger partial charge in [0.2, 0.25) is 0 Å². The highest BCUT2D eigenvalue weighted by Crippen LogP contribution is 2.39. The molecule has 0 atom stereocenters. The molecule has 0 spiro atoms. The quantitative estimate of drug-likeness (QED) is 0.223. The molecule has 0 unspecified atom stereocenters. The molecule has 8 nitrogen and oxygen atoms in total. The Morgan fingerprint density at radius 2 is 0.727 bits per heavy atom. The molecule has 0 aromatic heterocycles. The van der Waals surface area contributed by atoms with Gasteiger partial charge in [-0.1, -0.05) is 98.5 Å². The van der Waals surface area contributed by atoms with E-state index in [1.165, 1.54) is 141 Å². The van der Waals surface area contributed by atoms with E-state index in [9.17, 15) is 19.8 Å². The number of fused-ring (bicyclic) bond motifs is 2. The summed E-state index contributed by atoms with van der Waals surface area (Å²) in [6.45, 7) is 0. The number of aromatic carboxylic acids is 2. The summed E-state index contributed by atoms with van der Waals surface area (Å²) < 4.78 is 0. The van der Waals surface area contributed by atoms with Crippen molar-refractivity contribution < 1.29 is 41.0 Å². The van der Waals surface area contributed by atoms with Gasteiger partial charge in [0.15, 0.2) is 0 Å². The molecule has 4 aromatic carbocycles. The number of benzene rings is 4. The predicted molar refractivity (Wildman–Crippen MR) is 219 cm³/mol. The van der Waals surface area contributed by atoms with Crippen molar-refractivity contribution in [3.8, 4) is 11.1 Å². The van der Waals surface area contributed by atoms with Crippen LogP contribution in [0.5, 0.6) is 0 Å². The zero-order valence-electron chi connectivity index (χ0n) is 33.1. The van der Waals surface area contributed by atoms with Crippen LogP contribution in [0, 0.1) is 0 Å². The van der Waals surface area contributed by atoms with Gasteiger partial charge in [0, 0.05) is 18.2 Å². The van der Waals surface area contributed by atoms with Crippen LogP contribution in [0.1, 0.15) is 149 Å². The molecule has 0 bridgehead atoms. The molecule has 4 aromatic rings. The van der Waals surface area contributed by atoms with Gasteiger partial charge in [-0.3, -0.25) is 0 Å². The van der Waals surface area contributed by atoms with Gasteiger partial charge in [-0.05, 0) is 135 Å². The number of aliphatic hydroxyl groups excluding tert-OH is 1. The first-order valence-corrected chi connectivity index (χ1v) is 21.1. The molecule has 0 heterocycles. The van der Waals surface area contributed by atoms with Crippen molar-refractivity contribution >= 4 is 33.5 Å². The first kappa shape index (κ1) is 43.9. The molecule has 300 valence electrons. The summed E-state index contributed by atoms with van der Waals surface area (Å²) in [5, 5.41) is 38.9. The van der Waals surface area contributed by atoms with Crippen LogP contribution in [0.15, 0.2) is 72.8 Å². The number of quaternary nitrogens is 2. The van der Waals surface area contributed by atoms with Gasteiger partial charge in [-0.2, -0.15) is 0 Å². The maximum Gasteiger partial charge on any atom is 0.0861 e. The number of aliphatic hydroxyl groups is 1. The number of carboxylic acids is 2. The summed E-state index contributed by atoms with van der Waals surface area (Å²) in [6, 6.07) is 24.8. The lowest BCUT2D eigenvalue weighted by Crippen LogP contribution is -2.95. The molecule has 4 fully saturated rings. The van der Waals surface area contributed by atoms with E-state index in [2.05, 4.69) is 10.6 Å². The molecule has 4 aliphatic carbocycles. The summed E-state index contributed by atoms with van der Waals surface area (Å²) in [7, 11) is 1.00. The summed E-state index contributed by atoms with van der Waals surface area (Å²) in [4.78, 5) is 23.6. The third-order valence-electron chi connectivity index (χ3n) is 12.2. The minimum Gasteiger partial charge on any atom is -0.545 e. The molecular weight excluding hydrogens is 689 g/mol. The van der Waals surface area contributed by atoms with Crippen LogP contribution in [0.4, 0.5) is 0 Å². The minimum atomic E-state index is -1.36. The number of nitrogens with two attached hydrogens (primary N) is 2. The van der Waals surface area contributed by atoms with E-state index in [1.54, 1.807) is 36.4 Å². The van der Waals surface area contributed by atoms with Crippen LogP contribution in [-0.4, -0.2) is 53.8 Å². The fourth-order valence-electron chi connectivity index (χ4n) is 9.50. The van der Waals surface area contributed by atoms with Crippen molar-refractivity contribution in [1.29, 1.82) is 0 Å². The molecule has 4 aliphatic rings. The van der Waals surface area contributed by atoms with Crippen LogP contribution in [0.2, 0.25) is 0 Å². The lowest BCUT2D eigenvalue weighted by molar-refractivity contribution is -0.726. The first-order chi connectivity index (χ1) is 26.5. The molecule has 4 saturated carbocycles. The molecule has 0 aliphatic heterocycles. The molecule has 0 radical (unpaired) electrons. The van der Waals surface area contributed by atoms with Crippen molar-refractivity contribution in [3.63, 3.8) is 0 Å². The molecule has 0 amide bonds. The lowest BCUT2D eigenvalue weighted by Gasteiger charge is -2.27. The lowest BCUT2D eigenvalue weighted by atomic mass is 9.87. The number of carboxylic acid groups (broad SMARTS) is 2. The largest absolute Gasteiger partial charge is 0.545 e. The second-order valence-electron chi connectivity index (χ2n) is 16.0. The molecule has 8 rings (SSSR count). The molecule has 8 heteroatoms. The highest BCUT2D eigenvalue weighted by atomic mass is 16.4. The smallest absolute Gasteiger partial charge is 0.0861 e. The van der Waals surface area contributed by atoms with Gasteiger partial charge in [-0.25, -0.2) is 0 Å². The van der Waals surface area contributed by atoms with E-state index in [-0.39, 0.29) is 16.6 Å². The average Bonchev–Trinajstić information content (AvgIpc) is 3.23. The Hall–Kier alpha value is -3.82. The summed E-state index contributed by atoms with van der Waals surface area (Å²) in [5.74, 6) is -2.72. The van der Waals surface area contributed by atoms with Gasteiger partial charge in [0.05, 0.1) is 36.1 Å². The topological polar surface area (TPSA) is 165 Å². The zero-order valence-corrected chi connectivity index (χ0v) is 33.1. The van der Waals surface area contributed by atoms with E-state index < -0.39 is 11.9 Å². The molecule has 0 saturated heterocycles. The Labute approximate surface area is 328 Å². The maximum absolute atomic E-state index is 11.8. The average molecular weight is 755 g/mol. The number of carbonyl (C=O) groups excluding carboxylic acids is 2. The van der Waals surface area contributed by atoms with E-state index >= 15 is 0 Å². The van der Waals surface area contributed by atoms with Crippen molar-refractivity contribution in [2.75, 3.05) is 7.11 Å². The van der Waals surface area contributed by atoms with E-state index in [4.69, 9.17) is 5.11 Å². The maximum atomic E-state index is 11.8. The SMILES string of the molecule is C1CCC([NH2+]C2CCCCC2)CC1.C1CCC([NH2+]C2CCCCC2)CC1.CO.O.O=C([O-])c1ccc2ccccc2c1-c1c(C(=O)[O-])ccc2ccccc12. The first-order valence-electron chi connectivity index (χ1n) is 21.1. The van der Waals surface area contributed by atoms with Gasteiger partial charge in [0.25, 0.3) is 0 Å². The number of rotatable bonds is 7. The monoisotopic (exact) mass is 754 g/mol. The standard InChI is InChI=1S/C22H14O4.2C12H23N.CH4O.H2O/c23-21(24)17-11-9-13-5-1-3-7-15(13)19(17)20-16-8-4-2-6-14(16)10-12-18(20)22(25)26;2*1-3-7-11(8-4-1)13-12-9-5-2-6-10-12;1-2;/h1-12H,(H,23,24)(H,25,26);2*11-13H,1-10H2;2H,1H3;1H2. The van der Waals surface area contributed by atoms with Gasteiger partial charge >= 0.3 is 0 Å². The second-order valence-corrected chi connectivity index (χ2v) is 16.0. The third kappa shape index (κ3) is 12.6. The number of hydrogen-bond donors (Lipinski definition) is 3. The Morgan fingerprint density at radius 1 is 0.455 bits per heavy atom. The van der Waals surface area contributed by atoms with Crippen molar-refractivity contribution in [2.24, 2.45) is 0 Å². The highest BCUT2D eigenvalue weighted by molar-refractivity contribution is 6.16. The third-order valence-corrected chi connectivity index (χ3v) is 12.2. The fraction of sp³-hybridized carbons (Fsp3) is 0.532. The molecular formula is C47H66N2O6. The Morgan fingerprint density at radius 3 is 1.00 bits per heavy atom. The van der Waals surface area contributed by atoms with Gasteiger partial charge in [-0.15, -0.1) is 0 Å². The van der Waals surface area contributed by atoms with Crippen molar-refractivity contribution in [3.05, 3.63) is 83.9 Å². The molecule has 55 heavy (non-hydrogen) atoms. The Kier molecular flexibility index (Phi) is 18.6. The second kappa shape index (κ2) is 23.3. The van der Waals surface area contributed by atoms with Crippen molar-refractivity contribution in [1.82, 2.24) is 0 Å². The minimum absolute atomic E-state index is 0. The van der Waals surface area contributed by atoms with E-state index in [0.717, 1.165) is 42.0 Å². The van der Waals surface area contributed by atoms with Gasteiger partial charge in [0.1, 0.15) is 0 Å². The van der Waals surface area contributed by atoms with E-state index in [1.807, 2.05) is 24.3 Å². The fourth-order valence-corrected chi connectivity index (χ4v) is 9.50. The van der Waals surface area contributed by atoms with E-state index in [0.29, 0.717) is 21.9 Å². The Bertz CT molecular complexity index is 1590. The summed E-state index contributed by atoms with van der Waals surface area (Å²) >= 11 is 0. The number of hydrogen-bond acceptors (Lipinski definition) is 5. The predicted octanol–water partition coefficient (Wildman–Crippen LogP) is 5.60. The zero-order chi connectivity index (χ0) is 38.1. The van der Waals surface area contributed by atoms with Crippen LogP contribution >= 0.6 is 0 Å². The normalized spacial score (nSPS) is 18.4. The van der Waals surface area contributed by atoms with Crippen LogP contribution in [0.25, 0.3) is 32.7 Å². The molecule has 7 N–H and O–H groups in total. The van der Waals surface area contributed by atoms with Crippen LogP contribution in [-0.2, 0) is 0 Å². The van der Waals surface area contributed by atoms with Crippen LogP contribution in [0.3, 0.4) is 0 Å². The van der Waals surface area contributed by atoms with Gasteiger partial charge < -0.3 is 41.0 Å². The summed E-state index contributed by atoms with van der Waals surface area (Å²) in [5.41, 5.74) is 0.559.